The molecule has 0 aliphatic heterocycles. The molecule has 1 aromatic carbocycles. The van der Waals surface area contributed by atoms with Crippen LogP contribution in [0.5, 0.6) is 0 Å². The number of benzene rings is 1. The van der Waals surface area contributed by atoms with Crippen molar-refractivity contribution in [1.82, 2.24) is 20.1 Å². The number of aryl methyl sites for hydroxylation is 1. The minimum atomic E-state index is -3.23. The molecular formula is C14H12N4O3S. The molecule has 0 N–H and O–H groups in total. The first kappa shape index (κ1) is 14.3. The van der Waals surface area contributed by atoms with E-state index in [1.165, 1.54) is 12.1 Å². The summed E-state index contributed by atoms with van der Waals surface area (Å²) in [5.74, 6) is 0.926. The van der Waals surface area contributed by atoms with Crippen molar-refractivity contribution in [3.05, 3.63) is 42.2 Å². The lowest BCUT2D eigenvalue weighted by molar-refractivity contribution is 0.432. The van der Waals surface area contributed by atoms with Crippen LogP contribution in [-0.4, -0.2) is 34.8 Å². The molecule has 7 nitrogen and oxygen atoms in total. The van der Waals surface area contributed by atoms with Crippen molar-refractivity contribution in [3.8, 4) is 23.1 Å². The van der Waals surface area contributed by atoms with E-state index in [9.17, 15) is 8.42 Å². The van der Waals surface area contributed by atoms with Crippen LogP contribution in [0.4, 0.5) is 0 Å². The van der Waals surface area contributed by atoms with Crippen LogP contribution in [0.3, 0.4) is 0 Å². The zero-order valence-electron chi connectivity index (χ0n) is 11.9. The van der Waals surface area contributed by atoms with E-state index in [1.54, 1.807) is 24.5 Å². The lowest BCUT2D eigenvalue weighted by Gasteiger charge is -1.98. The van der Waals surface area contributed by atoms with Crippen LogP contribution in [0.2, 0.25) is 0 Å². The van der Waals surface area contributed by atoms with E-state index in [1.807, 2.05) is 6.92 Å². The Balaban J connectivity index is 1.92. The third-order valence-electron chi connectivity index (χ3n) is 2.94. The van der Waals surface area contributed by atoms with E-state index in [0.717, 1.165) is 11.8 Å². The van der Waals surface area contributed by atoms with Gasteiger partial charge < -0.3 is 4.52 Å². The molecule has 112 valence electrons. The summed E-state index contributed by atoms with van der Waals surface area (Å²) in [5.41, 5.74) is 1.56. The molecule has 3 aromatic rings. The maximum Gasteiger partial charge on any atom is 0.258 e. The highest BCUT2D eigenvalue weighted by atomic mass is 32.2. The highest BCUT2D eigenvalue weighted by Crippen LogP contribution is 2.21. The first-order valence-corrected chi connectivity index (χ1v) is 8.26. The Kier molecular flexibility index (Phi) is 3.45. The van der Waals surface area contributed by atoms with Gasteiger partial charge in [-0.15, -0.1) is 0 Å². The van der Waals surface area contributed by atoms with Crippen LogP contribution in [0.1, 0.15) is 5.56 Å². The van der Waals surface area contributed by atoms with E-state index < -0.39 is 9.84 Å². The van der Waals surface area contributed by atoms with Crippen LogP contribution in [0.15, 0.2) is 46.1 Å². The van der Waals surface area contributed by atoms with Crippen LogP contribution in [0.25, 0.3) is 23.1 Å². The smallest absolute Gasteiger partial charge is 0.258 e. The van der Waals surface area contributed by atoms with Gasteiger partial charge in [-0.1, -0.05) is 5.16 Å². The molecule has 0 aliphatic carbocycles. The maximum atomic E-state index is 11.4. The molecule has 0 spiro atoms. The Labute approximate surface area is 127 Å². The van der Waals surface area contributed by atoms with Crippen molar-refractivity contribution in [2.75, 3.05) is 6.26 Å². The van der Waals surface area contributed by atoms with Gasteiger partial charge in [0.1, 0.15) is 0 Å². The quantitative estimate of drug-likeness (QED) is 0.727. The van der Waals surface area contributed by atoms with Crippen molar-refractivity contribution in [3.63, 3.8) is 0 Å². The Morgan fingerprint density at radius 2 is 1.64 bits per heavy atom. The molecule has 3 rings (SSSR count). The molecule has 0 saturated carbocycles. The van der Waals surface area contributed by atoms with E-state index >= 15 is 0 Å². The number of nitrogens with zero attached hydrogens (tertiary/aromatic N) is 4. The average Bonchev–Trinajstić information content (AvgIpc) is 2.97. The second-order valence-corrected chi connectivity index (χ2v) is 6.82. The van der Waals surface area contributed by atoms with Gasteiger partial charge in [-0.05, 0) is 36.8 Å². The van der Waals surface area contributed by atoms with Crippen molar-refractivity contribution >= 4 is 9.84 Å². The minimum Gasteiger partial charge on any atom is -0.334 e. The van der Waals surface area contributed by atoms with Gasteiger partial charge in [0.25, 0.3) is 5.89 Å². The summed E-state index contributed by atoms with van der Waals surface area (Å²) in [5, 5.41) is 3.83. The Hall–Kier alpha value is -2.61. The van der Waals surface area contributed by atoms with Crippen LogP contribution < -0.4 is 0 Å². The Morgan fingerprint density at radius 3 is 2.23 bits per heavy atom. The number of aromatic nitrogens is 4. The molecule has 0 unspecified atom stereocenters. The van der Waals surface area contributed by atoms with Crippen LogP contribution >= 0.6 is 0 Å². The summed E-state index contributed by atoms with van der Waals surface area (Å²) in [4.78, 5) is 12.7. The summed E-state index contributed by atoms with van der Waals surface area (Å²) in [6, 6.07) is 6.22. The van der Waals surface area contributed by atoms with Crippen LogP contribution in [0, 0.1) is 6.92 Å². The fraction of sp³-hybridized carbons (Fsp3) is 0.143. The zero-order chi connectivity index (χ0) is 15.7. The number of hydrogen-bond donors (Lipinski definition) is 0. The predicted octanol–water partition coefficient (Wildman–Crippen LogP) is 1.91. The van der Waals surface area contributed by atoms with Crippen molar-refractivity contribution in [2.45, 2.75) is 11.8 Å². The van der Waals surface area contributed by atoms with E-state index in [0.29, 0.717) is 11.4 Å². The van der Waals surface area contributed by atoms with Gasteiger partial charge in [-0.25, -0.2) is 18.4 Å². The summed E-state index contributed by atoms with van der Waals surface area (Å²) >= 11 is 0. The van der Waals surface area contributed by atoms with E-state index in [2.05, 4.69) is 20.1 Å². The highest BCUT2D eigenvalue weighted by Gasteiger charge is 2.13. The molecular weight excluding hydrogens is 304 g/mol. The molecule has 0 amide bonds. The standard InChI is InChI=1S/C14H12N4O3S/c1-9-7-15-12(16-8-9)13-17-14(21-18-13)10-3-5-11(6-4-10)22(2,19)20/h3-8H,1-2H3. The molecule has 22 heavy (non-hydrogen) atoms. The fourth-order valence-corrected chi connectivity index (χ4v) is 2.41. The molecule has 0 saturated heterocycles. The molecule has 0 atom stereocenters. The molecule has 2 aromatic heterocycles. The van der Waals surface area contributed by atoms with Crippen LogP contribution in [-0.2, 0) is 9.84 Å². The monoisotopic (exact) mass is 316 g/mol. The summed E-state index contributed by atoms with van der Waals surface area (Å²) in [7, 11) is -3.23. The van der Waals surface area contributed by atoms with Crippen molar-refractivity contribution < 1.29 is 12.9 Å². The molecule has 0 aliphatic rings. The van der Waals surface area contributed by atoms with Gasteiger partial charge in [0, 0.05) is 24.2 Å². The second kappa shape index (κ2) is 5.30. The number of sulfone groups is 1. The molecule has 8 heteroatoms. The van der Waals surface area contributed by atoms with Gasteiger partial charge in [-0.3, -0.25) is 0 Å². The first-order valence-electron chi connectivity index (χ1n) is 6.37. The Bertz CT molecular complexity index is 900. The molecule has 0 fully saturated rings. The normalized spacial score (nSPS) is 11.5. The van der Waals surface area contributed by atoms with E-state index in [4.69, 9.17) is 4.52 Å². The average molecular weight is 316 g/mol. The van der Waals surface area contributed by atoms with Gasteiger partial charge >= 0.3 is 0 Å². The summed E-state index contributed by atoms with van der Waals surface area (Å²) < 4.78 is 28.0. The van der Waals surface area contributed by atoms with Gasteiger partial charge in [0.15, 0.2) is 9.84 Å². The third-order valence-corrected chi connectivity index (χ3v) is 4.06. The Morgan fingerprint density at radius 1 is 1.00 bits per heavy atom. The highest BCUT2D eigenvalue weighted by molar-refractivity contribution is 7.90. The number of hydrogen-bond acceptors (Lipinski definition) is 7. The zero-order valence-corrected chi connectivity index (χ0v) is 12.7. The topological polar surface area (TPSA) is 98.8 Å². The predicted molar refractivity (Wildman–Crippen MR) is 78.6 cm³/mol. The second-order valence-electron chi connectivity index (χ2n) is 4.80. The van der Waals surface area contributed by atoms with E-state index in [-0.39, 0.29) is 16.6 Å². The lowest BCUT2D eigenvalue weighted by atomic mass is 10.2. The lowest BCUT2D eigenvalue weighted by Crippen LogP contribution is -1.96. The molecule has 0 radical (unpaired) electrons. The van der Waals surface area contributed by atoms with Crippen molar-refractivity contribution in [2.24, 2.45) is 0 Å². The summed E-state index contributed by atoms with van der Waals surface area (Å²) in [6.07, 6.45) is 4.49. The van der Waals surface area contributed by atoms with Crippen molar-refractivity contribution in [1.29, 1.82) is 0 Å². The summed E-state index contributed by atoms with van der Waals surface area (Å²) in [6.45, 7) is 1.88. The van der Waals surface area contributed by atoms with Gasteiger partial charge in [0.05, 0.1) is 4.90 Å². The van der Waals surface area contributed by atoms with Gasteiger partial charge in [-0.2, -0.15) is 4.98 Å². The number of rotatable bonds is 3. The fourth-order valence-electron chi connectivity index (χ4n) is 1.78. The van der Waals surface area contributed by atoms with Gasteiger partial charge in [0.2, 0.25) is 11.6 Å². The first-order chi connectivity index (χ1) is 10.4. The third kappa shape index (κ3) is 2.86. The minimum absolute atomic E-state index is 0.234. The maximum absolute atomic E-state index is 11.4. The molecule has 2 heterocycles. The largest absolute Gasteiger partial charge is 0.334 e. The SMILES string of the molecule is Cc1cnc(-c2noc(-c3ccc(S(C)(=O)=O)cc3)n2)nc1. The molecule has 0 bridgehead atoms.